The molecule has 0 atom stereocenters. The summed E-state index contributed by atoms with van der Waals surface area (Å²) in [6.45, 7) is 12.2. The fourth-order valence-electron chi connectivity index (χ4n) is 2.19. The van der Waals surface area contributed by atoms with E-state index in [2.05, 4.69) is 27.7 Å². The van der Waals surface area contributed by atoms with E-state index in [0.717, 1.165) is 29.2 Å². The van der Waals surface area contributed by atoms with Gasteiger partial charge in [0, 0.05) is 23.7 Å². The van der Waals surface area contributed by atoms with Crippen molar-refractivity contribution in [2.24, 2.45) is 11.8 Å². The van der Waals surface area contributed by atoms with Crippen molar-refractivity contribution in [2.75, 3.05) is 24.6 Å². The molecule has 0 bridgehead atoms. The Hall–Kier alpha value is -1.16. The van der Waals surface area contributed by atoms with Crippen molar-refractivity contribution in [3.8, 4) is 0 Å². The van der Waals surface area contributed by atoms with Crippen LogP contribution in [-0.2, 0) is 4.79 Å². The summed E-state index contributed by atoms with van der Waals surface area (Å²) < 4.78 is 0. The zero-order valence-electron chi connectivity index (χ0n) is 13.8. The molecule has 0 heterocycles. The van der Waals surface area contributed by atoms with Gasteiger partial charge in [0.05, 0.1) is 5.75 Å². The van der Waals surface area contributed by atoms with Gasteiger partial charge in [-0.3, -0.25) is 4.79 Å². The van der Waals surface area contributed by atoms with Crippen molar-refractivity contribution in [1.82, 2.24) is 4.90 Å². The Morgan fingerprint density at radius 1 is 1.19 bits per heavy atom. The van der Waals surface area contributed by atoms with Crippen LogP contribution >= 0.6 is 11.8 Å². The number of amides is 1. The lowest BCUT2D eigenvalue weighted by atomic mass is 10.1. The van der Waals surface area contributed by atoms with Crippen LogP contribution in [0.3, 0.4) is 0 Å². The van der Waals surface area contributed by atoms with Gasteiger partial charge in [0.2, 0.25) is 5.91 Å². The lowest BCUT2D eigenvalue weighted by Gasteiger charge is -2.26. The van der Waals surface area contributed by atoms with Crippen molar-refractivity contribution < 1.29 is 4.79 Å². The molecular formula is C17H28N2OS. The molecule has 3 nitrogen and oxygen atoms in total. The number of carbonyl (C=O) groups excluding carboxylic acids is 1. The standard InChI is InChI=1S/C17H28N2OS/c1-12(2)9-19(10-13(3)4)17(20)11-21-16-7-6-14(5)8-15(16)18/h6-8,12-13H,9-11,18H2,1-5H3. The molecule has 0 saturated heterocycles. The van der Waals surface area contributed by atoms with Crippen molar-refractivity contribution in [1.29, 1.82) is 0 Å². The van der Waals surface area contributed by atoms with Crippen LogP contribution in [0.25, 0.3) is 0 Å². The molecule has 0 aliphatic rings. The van der Waals surface area contributed by atoms with Gasteiger partial charge >= 0.3 is 0 Å². The summed E-state index contributed by atoms with van der Waals surface area (Å²) in [6, 6.07) is 5.98. The predicted octanol–water partition coefficient (Wildman–Crippen LogP) is 3.81. The molecule has 0 aromatic heterocycles. The highest BCUT2D eigenvalue weighted by Crippen LogP contribution is 2.26. The largest absolute Gasteiger partial charge is 0.398 e. The summed E-state index contributed by atoms with van der Waals surface area (Å²) in [4.78, 5) is 15.4. The molecule has 0 unspecified atom stereocenters. The van der Waals surface area contributed by atoms with E-state index in [0.29, 0.717) is 17.6 Å². The average Bonchev–Trinajstić information content (AvgIpc) is 2.35. The van der Waals surface area contributed by atoms with Gasteiger partial charge < -0.3 is 10.6 Å². The summed E-state index contributed by atoms with van der Waals surface area (Å²) >= 11 is 1.53. The molecule has 4 heteroatoms. The second kappa shape index (κ2) is 8.32. The SMILES string of the molecule is Cc1ccc(SCC(=O)N(CC(C)C)CC(C)C)c(N)c1. The van der Waals surface area contributed by atoms with Crippen molar-refractivity contribution in [2.45, 2.75) is 39.5 Å². The number of benzene rings is 1. The van der Waals surface area contributed by atoms with Crippen LogP contribution in [0, 0.1) is 18.8 Å². The number of anilines is 1. The van der Waals surface area contributed by atoms with E-state index in [1.165, 1.54) is 11.8 Å². The molecule has 0 spiro atoms. The van der Waals surface area contributed by atoms with Crippen LogP contribution in [-0.4, -0.2) is 29.6 Å². The summed E-state index contributed by atoms with van der Waals surface area (Å²) in [7, 11) is 0. The van der Waals surface area contributed by atoms with Crippen LogP contribution in [0.5, 0.6) is 0 Å². The van der Waals surface area contributed by atoms with Gasteiger partial charge in [0.15, 0.2) is 0 Å². The summed E-state index contributed by atoms with van der Waals surface area (Å²) in [5, 5.41) is 0. The second-order valence-electron chi connectivity index (χ2n) is 6.42. The number of carbonyl (C=O) groups is 1. The zero-order valence-corrected chi connectivity index (χ0v) is 14.7. The Balaban J connectivity index is 2.64. The van der Waals surface area contributed by atoms with Crippen LogP contribution in [0.2, 0.25) is 0 Å². The maximum absolute atomic E-state index is 12.4. The first-order chi connectivity index (χ1) is 9.79. The molecule has 1 aromatic carbocycles. The first-order valence-electron chi connectivity index (χ1n) is 7.56. The van der Waals surface area contributed by atoms with Gasteiger partial charge in [-0.2, -0.15) is 0 Å². The molecule has 21 heavy (non-hydrogen) atoms. The number of nitrogen functional groups attached to an aromatic ring is 1. The third kappa shape index (κ3) is 6.42. The molecule has 0 aliphatic carbocycles. The summed E-state index contributed by atoms with van der Waals surface area (Å²) in [5.41, 5.74) is 7.90. The van der Waals surface area contributed by atoms with Gasteiger partial charge in [-0.25, -0.2) is 0 Å². The minimum Gasteiger partial charge on any atom is -0.398 e. The Bertz CT molecular complexity index is 462. The quantitative estimate of drug-likeness (QED) is 0.615. The molecule has 1 aromatic rings. The number of hydrogen-bond acceptors (Lipinski definition) is 3. The van der Waals surface area contributed by atoms with Crippen LogP contribution < -0.4 is 5.73 Å². The minimum absolute atomic E-state index is 0.197. The van der Waals surface area contributed by atoms with Gasteiger partial charge in [0.1, 0.15) is 0 Å². The molecule has 0 saturated carbocycles. The van der Waals surface area contributed by atoms with E-state index < -0.39 is 0 Å². The molecular weight excluding hydrogens is 280 g/mol. The van der Waals surface area contributed by atoms with Gasteiger partial charge in [0.25, 0.3) is 0 Å². The lowest BCUT2D eigenvalue weighted by Crippen LogP contribution is -2.38. The minimum atomic E-state index is 0.197. The van der Waals surface area contributed by atoms with E-state index in [1.54, 1.807) is 0 Å². The van der Waals surface area contributed by atoms with Crippen molar-refractivity contribution in [3.63, 3.8) is 0 Å². The number of nitrogens with two attached hydrogens (primary N) is 1. The van der Waals surface area contributed by atoms with Gasteiger partial charge in [-0.15, -0.1) is 11.8 Å². The number of thioether (sulfide) groups is 1. The van der Waals surface area contributed by atoms with Gasteiger partial charge in [-0.1, -0.05) is 33.8 Å². The maximum Gasteiger partial charge on any atom is 0.232 e. The first-order valence-corrected chi connectivity index (χ1v) is 8.54. The number of aryl methyl sites for hydroxylation is 1. The maximum atomic E-state index is 12.4. The number of nitrogens with zero attached hydrogens (tertiary/aromatic N) is 1. The Morgan fingerprint density at radius 2 is 1.76 bits per heavy atom. The first kappa shape index (κ1) is 17.9. The van der Waals surface area contributed by atoms with E-state index >= 15 is 0 Å². The number of rotatable bonds is 7. The van der Waals surface area contributed by atoms with E-state index in [9.17, 15) is 4.79 Å². The number of hydrogen-bond donors (Lipinski definition) is 1. The highest BCUT2D eigenvalue weighted by Gasteiger charge is 2.16. The summed E-state index contributed by atoms with van der Waals surface area (Å²) in [6.07, 6.45) is 0. The molecule has 1 rings (SSSR count). The van der Waals surface area contributed by atoms with Crippen molar-refractivity contribution in [3.05, 3.63) is 23.8 Å². The highest BCUT2D eigenvalue weighted by molar-refractivity contribution is 8.00. The zero-order chi connectivity index (χ0) is 16.0. The van der Waals surface area contributed by atoms with Gasteiger partial charge in [-0.05, 0) is 36.5 Å². The Morgan fingerprint density at radius 3 is 2.24 bits per heavy atom. The normalized spacial score (nSPS) is 11.2. The van der Waals surface area contributed by atoms with E-state index in [1.807, 2.05) is 30.0 Å². The van der Waals surface area contributed by atoms with E-state index in [4.69, 9.17) is 5.73 Å². The lowest BCUT2D eigenvalue weighted by molar-refractivity contribution is -0.129. The smallest absolute Gasteiger partial charge is 0.232 e. The fourth-order valence-corrected chi connectivity index (χ4v) is 3.04. The predicted molar refractivity (Wildman–Crippen MR) is 92.6 cm³/mol. The third-order valence-corrected chi connectivity index (χ3v) is 4.11. The van der Waals surface area contributed by atoms with Crippen LogP contribution in [0.4, 0.5) is 5.69 Å². The van der Waals surface area contributed by atoms with Crippen LogP contribution in [0.15, 0.2) is 23.1 Å². The topological polar surface area (TPSA) is 46.3 Å². The second-order valence-corrected chi connectivity index (χ2v) is 7.43. The fraction of sp³-hybridized carbons (Fsp3) is 0.588. The Labute approximate surface area is 133 Å². The monoisotopic (exact) mass is 308 g/mol. The van der Waals surface area contributed by atoms with Crippen LogP contribution in [0.1, 0.15) is 33.3 Å². The average molecular weight is 308 g/mol. The van der Waals surface area contributed by atoms with Crippen molar-refractivity contribution >= 4 is 23.4 Å². The molecule has 0 fully saturated rings. The Kier molecular flexibility index (Phi) is 7.09. The molecule has 1 amide bonds. The third-order valence-electron chi connectivity index (χ3n) is 3.04. The highest BCUT2D eigenvalue weighted by atomic mass is 32.2. The summed E-state index contributed by atoms with van der Waals surface area (Å²) in [5.74, 6) is 1.62. The molecule has 0 radical (unpaired) electrons. The molecule has 0 aliphatic heterocycles. The molecule has 2 N–H and O–H groups in total. The molecule has 118 valence electrons. The van der Waals surface area contributed by atoms with E-state index in [-0.39, 0.29) is 5.91 Å².